The molecule has 1 aromatic rings. The summed E-state index contributed by atoms with van der Waals surface area (Å²) in [5.74, 6) is 0. The average molecular weight is 274 g/mol. The van der Waals surface area contributed by atoms with Gasteiger partial charge in [-0.25, -0.2) is 0 Å². The number of hydrogen-bond donors (Lipinski definition) is 0. The topological polar surface area (TPSA) is 0 Å². The Morgan fingerprint density at radius 2 is 1.73 bits per heavy atom. The lowest BCUT2D eigenvalue weighted by Crippen LogP contribution is -2.15. The minimum atomic E-state index is 0.244. The van der Waals surface area contributed by atoms with E-state index in [0.717, 1.165) is 5.56 Å². The van der Waals surface area contributed by atoms with Crippen LogP contribution in [0.1, 0.15) is 5.56 Å². The fourth-order valence-corrected chi connectivity index (χ4v) is 1.39. The van der Waals surface area contributed by atoms with Crippen LogP contribution in [0.2, 0.25) is 0 Å². The highest BCUT2D eigenvalue weighted by atomic mass is 79.9. The van der Waals surface area contributed by atoms with Gasteiger partial charge in [0, 0.05) is 0 Å². The maximum absolute atomic E-state index is 3.68. The molecular formula is C8H7BBr2. The van der Waals surface area contributed by atoms with Crippen LogP contribution >= 0.6 is 31.5 Å². The van der Waals surface area contributed by atoms with Crippen molar-refractivity contribution in [3.8, 4) is 0 Å². The van der Waals surface area contributed by atoms with Gasteiger partial charge in [0.2, 0.25) is 0 Å². The van der Waals surface area contributed by atoms with Crippen molar-refractivity contribution in [2.75, 3.05) is 0 Å². The number of benzene rings is 1. The number of halogens is 2. The van der Waals surface area contributed by atoms with Gasteiger partial charge >= 0.3 is 4.36 Å². The molecule has 0 aliphatic heterocycles. The van der Waals surface area contributed by atoms with E-state index in [0.29, 0.717) is 0 Å². The normalized spacial score (nSPS) is 9.27. The maximum atomic E-state index is 3.68. The van der Waals surface area contributed by atoms with E-state index >= 15 is 0 Å². The molecule has 0 saturated heterocycles. The first-order chi connectivity index (χ1) is 5.24. The van der Waals surface area contributed by atoms with E-state index in [1.54, 1.807) is 0 Å². The minimum absolute atomic E-state index is 0.244. The summed E-state index contributed by atoms with van der Waals surface area (Å²) in [4.78, 5) is 0. The molecule has 3 heteroatoms. The Balaban J connectivity index is 2.91. The lowest BCUT2D eigenvalue weighted by molar-refractivity contribution is 1.71. The second-order valence-electron chi connectivity index (χ2n) is 2.17. The van der Waals surface area contributed by atoms with Crippen molar-refractivity contribution in [3.63, 3.8) is 0 Å². The summed E-state index contributed by atoms with van der Waals surface area (Å²) in [7, 11) is 0. The molecule has 0 aliphatic rings. The minimum Gasteiger partial charge on any atom is -0.132 e. The summed E-state index contributed by atoms with van der Waals surface area (Å²) in [6.45, 7) is 3.68. The van der Waals surface area contributed by atoms with Crippen molar-refractivity contribution in [3.05, 3.63) is 36.4 Å². The molecule has 56 valence electrons. The van der Waals surface area contributed by atoms with E-state index < -0.39 is 0 Å². The second kappa shape index (κ2) is 4.12. The van der Waals surface area contributed by atoms with Gasteiger partial charge in [0.1, 0.15) is 0 Å². The SMILES string of the molecule is C=Cc1ccc(B(Br)Br)cc1. The first kappa shape index (κ1) is 9.08. The average Bonchev–Trinajstić information content (AvgIpc) is 2.05. The Morgan fingerprint density at radius 1 is 1.18 bits per heavy atom. The quantitative estimate of drug-likeness (QED) is 0.727. The molecule has 0 atom stereocenters. The zero-order valence-electron chi connectivity index (χ0n) is 5.93. The van der Waals surface area contributed by atoms with E-state index in [4.69, 9.17) is 0 Å². The van der Waals surface area contributed by atoms with Crippen LogP contribution in [0.15, 0.2) is 30.8 Å². The van der Waals surface area contributed by atoms with Crippen molar-refractivity contribution in [2.24, 2.45) is 0 Å². The molecule has 1 aromatic carbocycles. The lowest BCUT2D eigenvalue weighted by Gasteiger charge is -1.98. The molecule has 0 amide bonds. The summed E-state index contributed by atoms with van der Waals surface area (Å²) in [6, 6.07) is 8.20. The number of rotatable bonds is 2. The predicted molar refractivity (Wildman–Crippen MR) is 59.8 cm³/mol. The first-order valence-electron chi connectivity index (χ1n) is 3.24. The predicted octanol–water partition coefficient (Wildman–Crippen LogP) is 2.81. The molecule has 1 rings (SSSR count). The zero-order chi connectivity index (χ0) is 8.27. The van der Waals surface area contributed by atoms with Crippen LogP contribution < -0.4 is 5.46 Å². The Kier molecular flexibility index (Phi) is 3.40. The standard InChI is InChI=1S/C8H7BBr2/c1-2-7-3-5-8(6-4-7)9(10)11/h2-6H,1H2. The summed E-state index contributed by atoms with van der Waals surface area (Å²) in [5.41, 5.74) is 2.37. The smallest absolute Gasteiger partial charge is 0.132 e. The van der Waals surface area contributed by atoms with E-state index in [2.05, 4.69) is 50.2 Å². The third-order valence-electron chi connectivity index (χ3n) is 1.42. The Morgan fingerprint density at radius 3 is 2.09 bits per heavy atom. The highest BCUT2D eigenvalue weighted by Gasteiger charge is 2.05. The molecule has 0 heterocycles. The van der Waals surface area contributed by atoms with E-state index in [-0.39, 0.29) is 4.36 Å². The Labute approximate surface area is 83.7 Å². The molecule has 0 aliphatic carbocycles. The Bertz CT molecular complexity index is 241. The van der Waals surface area contributed by atoms with Crippen LogP contribution in [0, 0.1) is 0 Å². The van der Waals surface area contributed by atoms with Crippen molar-refractivity contribution in [1.29, 1.82) is 0 Å². The molecular weight excluding hydrogens is 267 g/mol. The molecule has 0 saturated carbocycles. The van der Waals surface area contributed by atoms with E-state index in [9.17, 15) is 0 Å². The molecule has 0 unspecified atom stereocenters. The van der Waals surface area contributed by atoms with Crippen molar-refractivity contribution >= 4 is 47.4 Å². The van der Waals surface area contributed by atoms with Gasteiger partial charge < -0.3 is 0 Å². The van der Waals surface area contributed by atoms with Gasteiger partial charge in [-0.1, -0.05) is 42.4 Å². The highest BCUT2D eigenvalue weighted by molar-refractivity contribution is 9.49. The maximum Gasteiger partial charge on any atom is 0.329 e. The third kappa shape index (κ3) is 2.49. The summed E-state index contributed by atoms with van der Waals surface area (Å²) in [5, 5.41) is 0. The first-order valence-corrected chi connectivity index (χ1v) is 5.07. The largest absolute Gasteiger partial charge is 0.329 e. The van der Waals surface area contributed by atoms with E-state index in [1.165, 1.54) is 5.46 Å². The van der Waals surface area contributed by atoms with Crippen LogP contribution in [0.25, 0.3) is 6.08 Å². The molecule has 0 aromatic heterocycles. The molecule has 0 radical (unpaired) electrons. The van der Waals surface area contributed by atoms with Crippen LogP contribution in [0.3, 0.4) is 0 Å². The lowest BCUT2D eigenvalue weighted by atomic mass is 9.94. The molecule has 0 bridgehead atoms. The van der Waals surface area contributed by atoms with Gasteiger partial charge in [-0.05, 0) is 5.56 Å². The molecule has 0 nitrogen and oxygen atoms in total. The number of hydrogen-bond acceptors (Lipinski definition) is 0. The molecule has 11 heavy (non-hydrogen) atoms. The highest BCUT2D eigenvalue weighted by Crippen LogP contribution is 2.05. The summed E-state index contributed by atoms with van der Waals surface area (Å²) in [6.07, 6.45) is 1.83. The van der Waals surface area contributed by atoms with Gasteiger partial charge in [-0.15, -0.1) is 31.5 Å². The third-order valence-corrected chi connectivity index (χ3v) is 2.48. The van der Waals surface area contributed by atoms with E-state index in [1.807, 2.05) is 18.2 Å². The zero-order valence-corrected chi connectivity index (χ0v) is 9.10. The summed E-state index contributed by atoms with van der Waals surface area (Å²) < 4.78 is 0.244. The molecule has 0 N–H and O–H groups in total. The van der Waals surface area contributed by atoms with Crippen molar-refractivity contribution < 1.29 is 0 Å². The molecule has 0 spiro atoms. The fraction of sp³-hybridized carbons (Fsp3) is 0. The Hall–Kier alpha value is -0.0151. The van der Waals surface area contributed by atoms with Crippen LogP contribution in [0.5, 0.6) is 0 Å². The monoisotopic (exact) mass is 272 g/mol. The van der Waals surface area contributed by atoms with Crippen LogP contribution in [-0.2, 0) is 0 Å². The van der Waals surface area contributed by atoms with Crippen molar-refractivity contribution in [2.45, 2.75) is 0 Å². The van der Waals surface area contributed by atoms with Gasteiger partial charge in [-0.2, -0.15) is 0 Å². The fourth-order valence-electron chi connectivity index (χ4n) is 0.778. The summed E-state index contributed by atoms with van der Waals surface area (Å²) >= 11 is 6.84. The van der Waals surface area contributed by atoms with Gasteiger partial charge in [0.15, 0.2) is 0 Å². The molecule has 0 fully saturated rings. The van der Waals surface area contributed by atoms with Crippen LogP contribution in [-0.4, -0.2) is 4.36 Å². The van der Waals surface area contributed by atoms with Crippen molar-refractivity contribution in [1.82, 2.24) is 0 Å². The van der Waals surface area contributed by atoms with Gasteiger partial charge in [0.05, 0.1) is 0 Å². The van der Waals surface area contributed by atoms with Gasteiger partial charge in [0.25, 0.3) is 0 Å². The van der Waals surface area contributed by atoms with Gasteiger partial charge in [-0.3, -0.25) is 0 Å². The van der Waals surface area contributed by atoms with Crippen LogP contribution in [0.4, 0.5) is 0 Å². The second-order valence-corrected chi connectivity index (χ2v) is 5.23.